The molecule has 2 heterocycles. The maximum Gasteiger partial charge on any atom is 0.127 e. The largest absolute Gasteiger partial charge is 0.497 e. The lowest BCUT2D eigenvalue weighted by atomic mass is 9.71. The van der Waals surface area contributed by atoms with Gasteiger partial charge in [-0.25, -0.2) is 0 Å². The van der Waals surface area contributed by atoms with Gasteiger partial charge in [-0.2, -0.15) is 0 Å². The van der Waals surface area contributed by atoms with Crippen molar-refractivity contribution >= 4 is 0 Å². The van der Waals surface area contributed by atoms with Crippen LogP contribution in [0.4, 0.5) is 0 Å². The van der Waals surface area contributed by atoms with E-state index in [-0.39, 0.29) is 11.0 Å². The quantitative estimate of drug-likeness (QED) is 0.925. The van der Waals surface area contributed by atoms with Crippen LogP contribution < -0.4 is 14.8 Å². The van der Waals surface area contributed by atoms with Crippen LogP contribution >= 0.6 is 0 Å². The van der Waals surface area contributed by atoms with E-state index in [1.54, 1.807) is 14.2 Å². The molecule has 0 unspecified atom stereocenters. The van der Waals surface area contributed by atoms with Crippen molar-refractivity contribution in [1.29, 1.82) is 0 Å². The number of rotatable bonds is 4. The number of nitrogens with zero attached hydrogens (tertiary/aromatic N) is 1. The molecule has 4 nitrogen and oxygen atoms in total. The molecule has 0 spiro atoms. The predicted octanol–water partition coefficient (Wildman–Crippen LogP) is 3.06. The van der Waals surface area contributed by atoms with Gasteiger partial charge < -0.3 is 14.8 Å². The Morgan fingerprint density at radius 3 is 2.70 bits per heavy atom. The minimum atomic E-state index is 0.223. The van der Waals surface area contributed by atoms with Crippen molar-refractivity contribution in [1.82, 2.24) is 10.2 Å². The second-order valence-electron chi connectivity index (χ2n) is 7.91. The van der Waals surface area contributed by atoms with E-state index < -0.39 is 0 Å². The van der Waals surface area contributed by atoms with E-state index in [1.807, 2.05) is 12.1 Å². The van der Waals surface area contributed by atoms with E-state index in [1.165, 1.54) is 18.4 Å². The van der Waals surface area contributed by atoms with Crippen molar-refractivity contribution in [2.24, 2.45) is 5.41 Å². The monoisotopic (exact) mass is 318 g/mol. The van der Waals surface area contributed by atoms with Crippen molar-refractivity contribution in [2.75, 3.05) is 27.3 Å². The molecular weight excluding hydrogens is 288 g/mol. The van der Waals surface area contributed by atoms with Gasteiger partial charge in [0.05, 0.1) is 14.2 Å². The summed E-state index contributed by atoms with van der Waals surface area (Å²) in [7, 11) is 3.43. The zero-order chi connectivity index (χ0) is 16.7. The van der Waals surface area contributed by atoms with Crippen LogP contribution in [0, 0.1) is 5.41 Å². The first-order valence-electron chi connectivity index (χ1n) is 8.60. The molecule has 3 rings (SSSR count). The molecule has 1 aromatic carbocycles. The number of benzene rings is 1. The number of hydrogen-bond donors (Lipinski definition) is 1. The first-order valence-corrected chi connectivity index (χ1v) is 8.60. The van der Waals surface area contributed by atoms with E-state index in [0.29, 0.717) is 6.04 Å². The van der Waals surface area contributed by atoms with Crippen molar-refractivity contribution in [3.05, 3.63) is 23.8 Å². The third kappa shape index (κ3) is 2.72. The molecular formula is C19H30N2O2. The smallest absolute Gasteiger partial charge is 0.127 e. The topological polar surface area (TPSA) is 33.7 Å². The van der Waals surface area contributed by atoms with Gasteiger partial charge in [0.15, 0.2) is 0 Å². The van der Waals surface area contributed by atoms with E-state index in [0.717, 1.165) is 31.1 Å². The summed E-state index contributed by atoms with van der Waals surface area (Å²) in [5.41, 5.74) is 1.71. The Labute approximate surface area is 140 Å². The maximum atomic E-state index is 5.62. The Morgan fingerprint density at radius 2 is 2.04 bits per heavy atom. The second kappa shape index (κ2) is 5.99. The SMILES string of the molecule is COc1ccc(CN2[C@@H]3CC[C@]2(C(C)(C)C)CNC3)c(OC)c1. The molecule has 128 valence electrons. The summed E-state index contributed by atoms with van der Waals surface area (Å²) in [5, 5.41) is 3.66. The molecule has 4 heteroatoms. The molecule has 2 aliphatic heterocycles. The van der Waals surface area contributed by atoms with Crippen LogP contribution in [-0.2, 0) is 6.54 Å². The molecule has 2 saturated heterocycles. The Kier molecular flexibility index (Phi) is 4.32. The zero-order valence-corrected chi connectivity index (χ0v) is 15.1. The molecule has 0 aromatic heterocycles. The third-order valence-corrected chi connectivity index (χ3v) is 5.91. The predicted molar refractivity (Wildman–Crippen MR) is 93.2 cm³/mol. The highest BCUT2D eigenvalue weighted by atomic mass is 16.5. The van der Waals surface area contributed by atoms with E-state index in [4.69, 9.17) is 9.47 Å². The standard InChI is InChI=1S/C19H30N2O2/c1-18(2,3)19-9-8-15(11-20-13-19)21(19)12-14-6-7-16(22-4)10-17(14)23-5/h6-7,10,15,20H,8-9,11-13H2,1-5H3/t15-,19-/m1/s1. The lowest BCUT2D eigenvalue weighted by Gasteiger charge is -2.53. The summed E-state index contributed by atoms with van der Waals surface area (Å²) >= 11 is 0. The van der Waals surface area contributed by atoms with Gasteiger partial charge in [-0.15, -0.1) is 0 Å². The molecule has 1 aromatic rings. The Balaban J connectivity index is 1.92. The third-order valence-electron chi connectivity index (χ3n) is 5.91. The van der Waals surface area contributed by atoms with E-state index >= 15 is 0 Å². The van der Waals surface area contributed by atoms with Crippen LogP contribution in [0.2, 0.25) is 0 Å². The number of methoxy groups -OCH3 is 2. The van der Waals surface area contributed by atoms with Crippen LogP contribution in [0.3, 0.4) is 0 Å². The number of piperazine rings is 1. The van der Waals surface area contributed by atoms with Crippen LogP contribution in [0.1, 0.15) is 39.2 Å². The van der Waals surface area contributed by atoms with Crippen LogP contribution in [0.5, 0.6) is 11.5 Å². The maximum absolute atomic E-state index is 5.62. The van der Waals surface area contributed by atoms with Crippen LogP contribution in [-0.4, -0.2) is 43.8 Å². The average Bonchev–Trinajstić information content (AvgIpc) is 2.73. The summed E-state index contributed by atoms with van der Waals surface area (Å²) in [4.78, 5) is 2.73. The molecule has 0 amide bonds. The number of fused-ring (bicyclic) bond motifs is 2. The zero-order valence-electron chi connectivity index (χ0n) is 15.1. The molecule has 2 aliphatic rings. The molecule has 0 aliphatic carbocycles. The van der Waals surface area contributed by atoms with Gasteiger partial charge in [0.25, 0.3) is 0 Å². The first-order chi connectivity index (χ1) is 10.9. The van der Waals surface area contributed by atoms with Gasteiger partial charge in [0.2, 0.25) is 0 Å². The number of nitrogens with one attached hydrogen (secondary N) is 1. The highest BCUT2D eigenvalue weighted by molar-refractivity contribution is 5.41. The second-order valence-corrected chi connectivity index (χ2v) is 7.91. The fraction of sp³-hybridized carbons (Fsp3) is 0.684. The van der Waals surface area contributed by atoms with E-state index in [2.05, 4.69) is 37.1 Å². The van der Waals surface area contributed by atoms with Gasteiger partial charge in [-0.1, -0.05) is 26.8 Å². The lowest BCUT2D eigenvalue weighted by Crippen LogP contribution is -2.65. The van der Waals surface area contributed by atoms with Gasteiger partial charge in [0, 0.05) is 42.8 Å². The molecule has 1 N–H and O–H groups in total. The summed E-state index contributed by atoms with van der Waals surface area (Å²) in [6.45, 7) is 10.2. The fourth-order valence-electron chi connectivity index (χ4n) is 4.42. The van der Waals surface area contributed by atoms with Crippen molar-refractivity contribution in [3.63, 3.8) is 0 Å². The minimum Gasteiger partial charge on any atom is -0.497 e. The normalized spacial score (nSPS) is 28.0. The van der Waals surface area contributed by atoms with Crippen LogP contribution in [0.25, 0.3) is 0 Å². The van der Waals surface area contributed by atoms with Crippen LogP contribution in [0.15, 0.2) is 18.2 Å². The Morgan fingerprint density at radius 1 is 1.26 bits per heavy atom. The summed E-state index contributed by atoms with van der Waals surface area (Å²) in [6, 6.07) is 6.79. The van der Waals surface area contributed by atoms with E-state index in [9.17, 15) is 0 Å². The fourth-order valence-corrected chi connectivity index (χ4v) is 4.42. The molecule has 23 heavy (non-hydrogen) atoms. The summed E-state index contributed by atoms with van der Waals surface area (Å²) in [5.74, 6) is 1.77. The molecule has 2 atom stereocenters. The van der Waals surface area contributed by atoms with Gasteiger partial charge in [-0.05, 0) is 24.3 Å². The lowest BCUT2D eigenvalue weighted by molar-refractivity contribution is -0.0216. The number of hydrogen-bond acceptors (Lipinski definition) is 4. The first kappa shape index (κ1) is 16.6. The highest BCUT2D eigenvalue weighted by Crippen LogP contribution is 2.48. The minimum absolute atomic E-state index is 0.223. The number of ether oxygens (including phenoxy) is 2. The van der Waals surface area contributed by atoms with Gasteiger partial charge in [-0.3, -0.25) is 4.90 Å². The van der Waals surface area contributed by atoms with Crippen molar-refractivity contribution in [2.45, 2.75) is 51.7 Å². The molecule has 0 saturated carbocycles. The van der Waals surface area contributed by atoms with Crippen molar-refractivity contribution < 1.29 is 9.47 Å². The molecule has 2 fully saturated rings. The molecule has 2 bridgehead atoms. The molecule has 0 radical (unpaired) electrons. The highest BCUT2D eigenvalue weighted by Gasteiger charge is 2.54. The Hall–Kier alpha value is -1.26. The van der Waals surface area contributed by atoms with Crippen molar-refractivity contribution in [3.8, 4) is 11.5 Å². The average molecular weight is 318 g/mol. The summed E-state index contributed by atoms with van der Waals surface area (Å²) in [6.07, 6.45) is 2.55. The Bertz CT molecular complexity index is 563. The van der Waals surface area contributed by atoms with Gasteiger partial charge in [0.1, 0.15) is 11.5 Å². The van der Waals surface area contributed by atoms with Gasteiger partial charge >= 0.3 is 0 Å². The summed E-state index contributed by atoms with van der Waals surface area (Å²) < 4.78 is 10.9.